The van der Waals surface area contributed by atoms with Crippen molar-refractivity contribution in [2.75, 3.05) is 6.54 Å². The van der Waals surface area contributed by atoms with Crippen LogP contribution >= 0.6 is 22.6 Å². The Labute approximate surface area is 125 Å². The highest BCUT2D eigenvalue weighted by Gasteiger charge is 2.19. The zero-order valence-corrected chi connectivity index (χ0v) is 12.6. The van der Waals surface area contributed by atoms with Crippen LogP contribution in [0, 0.1) is 15.2 Å². The molecule has 0 bridgehead atoms. The van der Waals surface area contributed by atoms with E-state index in [1.165, 1.54) is 18.2 Å². The predicted octanol–water partition coefficient (Wildman–Crippen LogP) is 4.27. The summed E-state index contributed by atoms with van der Waals surface area (Å²) in [6, 6.07) is 11.0. The fraction of sp³-hybridized carbons (Fsp3) is 0.200. The highest BCUT2D eigenvalue weighted by Crippen LogP contribution is 2.28. The maximum Gasteiger partial charge on any atom is 0.128 e. The van der Waals surface area contributed by atoms with Crippen molar-refractivity contribution < 1.29 is 8.78 Å². The van der Waals surface area contributed by atoms with Crippen LogP contribution < -0.4 is 5.32 Å². The third-order valence-electron chi connectivity index (χ3n) is 2.90. The van der Waals surface area contributed by atoms with E-state index in [-0.39, 0.29) is 17.7 Å². The number of hydrogen-bond acceptors (Lipinski definition) is 1. The Balaban J connectivity index is 2.48. The predicted molar refractivity (Wildman–Crippen MR) is 81.0 cm³/mol. The molecule has 0 saturated carbocycles. The van der Waals surface area contributed by atoms with E-state index in [1.807, 2.05) is 6.92 Å². The molecule has 4 heteroatoms. The Morgan fingerprint density at radius 1 is 1.11 bits per heavy atom. The van der Waals surface area contributed by atoms with Gasteiger partial charge in [0, 0.05) is 9.13 Å². The van der Waals surface area contributed by atoms with E-state index in [1.54, 1.807) is 24.3 Å². The van der Waals surface area contributed by atoms with Crippen LogP contribution in [0.15, 0.2) is 42.5 Å². The summed E-state index contributed by atoms with van der Waals surface area (Å²) in [5.41, 5.74) is 1.46. The number of halogens is 3. The maximum atomic E-state index is 13.9. The molecular weight excluding hydrogens is 359 g/mol. The Kier molecular flexibility index (Phi) is 4.87. The SMILES string of the molecule is CCNC(c1ccccc1F)c1ccc(F)cc1I. The van der Waals surface area contributed by atoms with Crippen molar-refractivity contribution in [2.24, 2.45) is 0 Å². The molecule has 2 aromatic carbocycles. The molecule has 0 aromatic heterocycles. The van der Waals surface area contributed by atoms with Crippen LogP contribution in [0.4, 0.5) is 8.78 Å². The Bertz CT molecular complexity index is 572. The van der Waals surface area contributed by atoms with E-state index in [0.29, 0.717) is 12.1 Å². The first kappa shape index (κ1) is 14.4. The summed E-state index contributed by atoms with van der Waals surface area (Å²) in [4.78, 5) is 0. The molecule has 0 saturated heterocycles. The van der Waals surface area contributed by atoms with Gasteiger partial charge in [0.1, 0.15) is 11.6 Å². The molecule has 2 rings (SSSR count). The fourth-order valence-electron chi connectivity index (χ4n) is 2.04. The molecule has 0 aliphatic heterocycles. The van der Waals surface area contributed by atoms with Crippen molar-refractivity contribution in [3.05, 3.63) is 68.8 Å². The van der Waals surface area contributed by atoms with Crippen LogP contribution in [0.2, 0.25) is 0 Å². The highest BCUT2D eigenvalue weighted by molar-refractivity contribution is 14.1. The summed E-state index contributed by atoms with van der Waals surface area (Å²) >= 11 is 2.08. The molecule has 19 heavy (non-hydrogen) atoms. The van der Waals surface area contributed by atoms with Crippen LogP contribution in [0.25, 0.3) is 0 Å². The average molecular weight is 373 g/mol. The van der Waals surface area contributed by atoms with Crippen molar-refractivity contribution in [2.45, 2.75) is 13.0 Å². The number of hydrogen-bond donors (Lipinski definition) is 1. The summed E-state index contributed by atoms with van der Waals surface area (Å²) in [5.74, 6) is -0.537. The summed E-state index contributed by atoms with van der Waals surface area (Å²) in [6.07, 6.45) is 0. The van der Waals surface area contributed by atoms with Crippen molar-refractivity contribution in [1.29, 1.82) is 0 Å². The number of benzene rings is 2. The van der Waals surface area contributed by atoms with E-state index in [0.717, 1.165) is 9.13 Å². The molecule has 0 fully saturated rings. The monoisotopic (exact) mass is 373 g/mol. The molecule has 0 radical (unpaired) electrons. The first-order valence-electron chi connectivity index (χ1n) is 6.06. The van der Waals surface area contributed by atoms with Gasteiger partial charge in [-0.2, -0.15) is 0 Å². The largest absolute Gasteiger partial charge is 0.306 e. The van der Waals surface area contributed by atoms with Crippen LogP contribution in [0.3, 0.4) is 0 Å². The molecule has 0 spiro atoms. The quantitative estimate of drug-likeness (QED) is 0.790. The lowest BCUT2D eigenvalue weighted by atomic mass is 9.98. The molecule has 0 heterocycles. The first-order chi connectivity index (χ1) is 9.13. The lowest BCUT2D eigenvalue weighted by Gasteiger charge is -2.21. The van der Waals surface area contributed by atoms with Crippen molar-refractivity contribution in [3.8, 4) is 0 Å². The maximum absolute atomic E-state index is 13.9. The van der Waals surface area contributed by atoms with Gasteiger partial charge in [-0.05, 0) is 52.9 Å². The second-order valence-corrected chi connectivity index (χ2v) is 5.34. The van der Waals surface area contributed by atoms with E-state index in [4.69, 9.17) is 0 Å². The van der Waals surface area contributed by atoms with E-state index in [2.05, 4.69) is 27.9 Å². The lowest BCUT2D eigenvalue weighted by molar-refractivity contribution is 0.556. The van der Waals surface area contributed by atoms with E-state index >= 15 is 0 Å². The molecule has 1 N–H and O–H groups in total. The minimum Gasteiger partial charge on any atom is -0.306 e. The zero-order chi connectivity index (χ0) is 13.8. The average Bonchev–Trinajstić information content (AvgIpc) is 2.38. The third kappa shape index (κ3) is 3.30. The van der Waals surface area contributed by atoms with Gasteiger partial charge in [0.15, 0.2) is 0 Å². The minimum atomic E-state index is -0.281. The molecule has 0 aliphatic rings. The molecule has 1 nitrogen and oxygen atoms in total. The Hall–Kier alpha value is -1.01. The third-order valence-corrected chi connectivity index (χ3v) is 3.83. The standard InChI is InChI=1S/C15H14F2IN/c1-2-19-15(11-5-3-4-6-13(11)17)12-8-7-10(16)9-14(12)18/h3-9,15,19H,2H2,1H3. The van der Waals surface area contributed by atoms with Crippen molar-refractivity contribution in [3.63, 3.8) is 0 Å². The summed E-state index contributed by atoms with van der Waals surface area (Å²) in [5, 5.41) is 3.25. The van der Waals surface area contributed by atoms with Crippen LogP contribution in [-0.2, 0) is 0 Å². The smallest absolute Gasteiger partial charge is 0.128 e. The van der Waals surface area contributed by atoms with E-state index < -0.39 is 0 Å². The van der Waals surface area contributed by atoms with Crippen LogP contribution in [0.1, 0.15) is 24.1 Å². The van der Waals surface area contributed by atoms with Gasteiger partial charge in [-0.25, -0.2) is 8.78 Å². The lowest BCUT2D eigenvalue weighted by Crippen LogP contribution is -2.23. The summed E-state index contributed by atoms with van der Waals surface area (Å²) in [6.45, 7) is 2.66. The van der Waals surface area contributed by atoms with Crippen LogP contribution in [-0.4, -0.2) is 6.54 Å². The van der Waals surface area contributed by atoms with Crippen molar-refractivity contribution >= 4 is 22.6 Å². The van der Waals surface area contributed by atoms with Gasteiger partial charge in [0.05, 0.1) is 6.04 Å². The summed E-state index contributed by atoms with van der Waals surface area (Å²) < 4.78 is 27.9. The second kappa shape index (κ2) is 6.43. The Morgan fingerprint density at radius 3 is 2.47 bits per heavy atom. The molecule has 1 atom stereocenters. The Morgan fingerprint density at radius 2 is 1.84 bits per heavy atom. The fourth-order valence-corrected chi connectivity index (χ4v) is 2.83. The van der Waals surface area contributed by atoms with Gasteiger partial charge in [-0.3, -0.25) is 0 Å². The van der Waals surface area contributed by atoms with Gasteiger partial charge in [-0.15, -0.1) is 0 Å². The van der Waals surface area contributed by atoms with Crippen molar-refractivity contribution in [1.82, 2.24) is 5.32 Å². The molecular formula is C15H14F2IN. The van der Waals surface area contributed by atoms with Crippen LogP contribution in [0.5, 0.6) is 0 Å². The zero-order valence-electron chi connectivity index (χ0n) is 10.5. The first-order valence-corrected chi connectivity index (χ1v) is 7.14. The highest BCUT2D eigenvalue weighted by atomic mass is 127. The van der Waals surface area contributed by atoms with E-state index in [9.17, 15) is 8.78 Å². The molecule has 1 unspecified atom stereocenters. The summed E-state index contributed by atoms with van der Waals surface area (Å²) in [7, 11) is 0. The number of nitrogens with one attached hydrogen (secondary N) is 1. The number of rotatable bonds is 4. The van der Waals surface area contributed by atoms with Gasteiger partial charge >= 0.3 is 0 Å². The molecule has 100 valence electrons. The second-order valence-electron chi connectivity index (χ2n) is 4.18. The van der Waals surface area contributed by atoms with Gasteiger partial charge in [-0.1, -0.05) is 31.2 Å². The molecule has 0 amide bonds. The molecule has 2 aromatic rings. The van der Waals surface area contributed by atoms with Gasteiger partial charge in [0.25, 0.3) is 0 Å². The van der Waals surface area contributed by atoms with Gasteiger partial charge in [0.2, 0.25) is 0 Å². The topological polar surface area (TPSA) is 12.0 Å². The van der Waals surface area contributed by atoms with Gasteiger partial charge < -0.3 is 5.32 Å². The minimum absolute atomic E-state index is 0.256. The molecule has 0 aliphatic carbocycles. The normalized spacial score (nSPS) is 12.4.